The first kappa shape index (κ1) is 13.0. The first-order chi connectivity index (χ1) is 7.18. The fraction of sp³-hybridized carbons (Fsp3) is 0.636. The van der Waals surface area contributed by atoms with Gasteiger partial charge in [0.15, 0.2) is 0 Å². The Morgan fingerprint density at radius 3 is 2.31 bits per heavy atom. The smallest absolute Gasteiger partial charge is 0.241 e. The monoisotopic (exact) mass is 239 g/mol. The zero-order chi connectivity index (χ0) is 12.4. The normalized spacial score (nSPS) is 14.0. The van der Waals surface area contributed by atoms with Crippen LogP contribution in [0.5, 0.6) is 0 Å². The van der Waals surface area contributed by atoms with Gasteiger partial charge in [-0.2, -0.15) is 5.10 Å². The van der Waals surface area contributed by atoms with E-state index < -0.39 is 8.32 Å². The number of hydrogen-bond acceptors (Lipinski definition) is 3. The molecule has 1 aromatic heterocycles. The molecule has 0 N–H and O–H groups in total. The van der Waals surface area contributed by atoms with Crippen molar-refractivity contribution in [3.63, 3.8) is 0 Å². The van der Waals surface area contributed by atoms with Crippen LogP contribution in [0.1, 0.15) is 20.8 Å². The summed E-state index contributed by atoms with van der Waals surface area (Å²) in [7, 11) is -1.59. The minimum Gasteiger partial charge on any atom is -0.546 e. The van der Waals surface area contributed by atoms with Gasteiger partial charge < -0.3 is 4.43 Å². The molecule has 0 aliphatic carbocycles. The van der Waals surface area contributed by atoms with E-state index in [1.54, 1.807) is 11.0 Å². The number of aromatic nitrogens is 3. The Kier molecular flexibility index (Phi) is 3.57. The maximum Gasteiger partial charge on any atom is 0.241 e. The molecule has 5 heteroatoms. The van der Waals surface area contributed by atoms with Gasteiger partial charge in [-0.1, -0.05) is 20.8 Å². The third-order valence-electron chi connectivity index (χ3n) is 1.84. The van der Waals surface area contributed by atoms with E-state index in [-0.39, 0.29) is 5.41 Å². The molecule has 0 radical (unpaired) electrons. The fourth-order valence-corrected chi connectivity index (χ4v) is 2.13. The number of rotatable bonds is 3. The molecule has 0 spiro atoms. The second-order valence-corrected chi connectivity index (χ2v) is 10.3. The topological polar surface area (TPSA) is 39.9 Å². The molecular formula is C11H21N3OSi. The fourth-order valence-electron chi connectivity index (χ4n) is 1.11. The molecule has 0 saturated heterocycles. The van der Waals surface area contributed by atoms with Crippen molar-refractivity contribution in [1.29, 1.82) is 0 Å². The standard InChI is InChI=1S/C11H21N3OSi/c1-11(2,3)10(15-16(4,5)6)7-14-9-12-8-13-14/h7-9H,1-6H3. The summed E-state index contributed by atoms with van der Waals surface area (Å²) in [5.41, 5.74) is -0.0216. The van der Waals surface area contributed by atoms with E-state index in [4.69, 9.17) is 4.43 Å². The van der Waals surface area contributed by atoms with Crippen LogP contribution in [0.4, 0.5) is 0 Å². The van der Waals surface area contributed by atoms with E-state index in [2.05, 4.69) is 50.5 Å². The van der Waals surface area contributed by atoms with E-state index in [9.17, 15) is 0 Å². The van der Waals surface area contributed by atoms with Gasteiger partial charge >= 0.3 is 0 Å². The molecule has 90 valence electrons. The Labute approximate surface area is 98.5 Å². The third-order valence-corrected chi connectivity index (χ3v) is 2.67. The lowest BCUT2D eigenvalue weighted by atomic mass is 9.94. The van der Waals surface area contributed by atoms with Gasteiger partial charge in [-0.05, 0) is 19.6 Å². The molecule has 0 unspecified atom stereocenters. The second-order valence-electron chi connectivity index (χ2n) is 5.83. The first-order valence-corrected chi connectivity index (χ1v) is 8.85. The average molecular weight is 239 g/mol. The first-order valence-electron chi connectivity index (χ1n) is 5.44. The van der Waals surface area contributed by atoms with Crippen molar-refractivity contribution in [2.24, 2.45) is 5.41 Å². The molecule has 1 rings (SSSR count). The van der Waals surface area contributed by atoms with Crippen molar-refractivity contribution < 1.29 is 4.43 Å². The molecule has 1 heterocycles. The van der Waals surface area contributed by atoms with Crippen LogP contribution in [0.15, 0.2) is 18.4 Å². The van der Waals surface area contributed by atoms with Crippen LogP contribution in [-0.4, -0.2) is 23.1 Å². The summed E-state index contributed by atoms with van der Waals surface area (Å²) >= 11 is 0. The van der Waals surface area contributed by atoms with Gasteiger partial charge in [0.1, 0.15) is 18.4 Å². The summed E-state index contributed by atoms with van der Waals surface area (Å²) in [6, 6.07) is 0. The van der Waals surface area contributed by atoms with E-state index >= 15 is 0 Å². The van der Waals surface area contributed by atoms with Gasteiger partial charge in [0.2, 0.25) is 8.32 Å². The SMILES string of the molecule is CC(C)(C)C(=Cn1cncn1)O[Si](C)(C)C. The molecule has 4 nitrogen and oxygen atoms in total. The molecule has 0 aliphatic rings. The maximum absolute atomic E-state index is 6.09. The highest BCUT2D eigenvalue weighted by Gasteiger charge is 2.25. The Morgan fingerprint density at radius 1 is 1.31 bits per heavy atom. The molecule has 0 atom stereocenters. The summed E-state index contributed by atoms with van der Waals surface area (Å²) in [6.45, 7) is 12.9. The van der Waals surface area contributed by atoms with Crippen LogP contribution in [0.25, 0.3) is 6.20 Å². The van der Waals surface area contributed by atoms with Gasteiger partial charge in [-0.15, -0.1) is 0 Å². The summed E-state index contributed by atoms with van der Waals surface area (Å²) in [6.07, 6.45) is 5.09. The predicted octanol–water partition coefficient (Wildman–Crippen LogP) is 2.97. The summed E-state index contributed by atoms with van der Waals surface area (Å²) < 4.78 is 7.77. The van der Waals surface area contributed by atoms with Crippen LogP contribution >= 0.6 is 0 Å². The van der Waals surface area contributed by atoms with Crippen LogP contribution in [0.3, 0.4) is 0 Å². The van der Waals surface area contributed by atoms with Gasteiger partial charge in [0.25, 0.3) is 0 Å². The average Bonchev–Trinajstić information content (AvgIpc) is 2.51. The molecule has 0 bridgehead atoms. The third kappa shape index (κ3) is 4.18. The van der Waals surface area contributed by atoms with E-state index in [0.717, 1.165) is 5.76 Å². The van der Waals surface area contributed by atoms with Gasteiger partial charge in [-0.25, -0.2) is 9.67 Å². The summed E-state index contributed by atoms with van der Waals surface area (Å²) in [5.74, 6) is 0.956. The number of hydrogen-bond donors (Lipinski definition) is 0. The van der Waals surface area contributed by atoms with Crippen molar-refractivity contribution in [2.45, 2.75) is 40.4 Å². The lowest BCUT2D eigenvalue weighted by molar-refractivity contribution is 0.292. The highest BCUT2D eigenvalue weighted by atomic mass is 28.4. The Balaban J connectivity index is 2.98. The molecule has 0 aromatic carbocycles. The van der Waals surface area contributed by atoms with Crippen molar-refractivity contribution >= 4 is 14.5 Å². The van der Waals surface area contributed by atoms with Crippen LogP contribution in [0.2, 0.25) is 19.6 Å². The molecule has 0 fully saturated rings. The van der Waals surface area contributed by atoms with Gasteiger partial charge in [-0.3, -0.25) is 0 Å². The number of nitrogens with zero attached hydrogens (tertiary/aromatic N) is 3. The van der Waals surface area contributed by atoms with Gasteiger partial charge in [0, 0.05) is 5.41 Å². The highest BCUT2D eigenvalue weighted by Crippen LogP contribution is 2.29. The second kappa shape index (κ2) is 4.41. The van der Waals surface area contributed by atoms with Gasteiger partial charge in [0.05, 0.1) is 6.20 Å². The lowest BCUT2D eigenvalue weighted by Gasteiger charge is -2.30. The highest BCUT2D eigenvalue weighted by molar-refractivity contribution is 6.70. The molecular weight excluding hydrogens is 218 g/mol. The quantitative estimate of drug-likeness (QED) is 0.601. The van der Waals surface area contributed by atoms with Crippen LogP contribution in [0, 0.1) is 5.41 Å². The van der Waals surface area contributed by atoms with E-state index in [0.29, 0.717) is 0 Å². The zero-order valence-electron chi connectivity index (χ0n) is 11.0. The minimum atomic E-state index is -1.59. The molecule has 1 aromatic rings. The summed E-state index contributed by atoms with van der Waals surface area (Å²) in [4.78, 5) is 3.92. The summed E-state index contributed by atoms with van der Waals surface area (Å²) in [5, 5.41) is 4.06. The van der Waals surface area contributed by atoms with Crippen molar-refractivity contribution in [2.75, 3.05) is 0 Å². The Bertz CT molecular complexity index is 358. The predicted molar refractivity (Wildman–Crippen MR) is 68.2 cm³/mol. The van der Waals surface area contributed by atoms with Crippen molar-refractivity contribution in [3.8, 4) is 0 Å². The lowest BCUT2D eigenvalue weighted by Crippen LogP contribution is -2.29. The van der Waals surface area contributed by atoms with Crippen LogP contribution in [-0.2, 0) is 4.43 Å². The van der Waals surface area contributed by atoms with Crippen molar-refractivity contribution in [1.82, 2.24) is 14.8 Å². The Morgan fingerprint density at radius 2 is 1.94 bits per heavy atom. The van der Waals surface area contributed by atoms with E-state index in [1.165, 1.54) is 6.33 Å². The minimum absolute atomic E-state index is 0.0216. The molecule has 0 amide bonds. The molecule has 0 saturated carbocycles. The Hall–Kier alpha value is -1.10. The largest absolute Gasteiger partial charge is 0.546 e. The number of allylic oxidation sites excluding steroid dienone is 1. The molecule has 16 heavy (non-hydrogen) atoms. The van der Waals surface area contributed by atoms with E-state index in [1.807, 2.05) is 6.20 Å². The molecule has 0 aliphatic heterocycles. The zero-order valence-corrected chi connectivity index (χ0v) is 12.0. The van der Waals surface area contributed by atoms with Crippen molar-refractivity contribution in [3.05, 3.63) is 18.4 Å². The van der Waals surface area contributed by atoms with Crippen LogP contribution < -0.4 is 0 Å². The maximum atomic E-state index is 6.09.